The quantitative estimate of drug-likeness (QED) is 0.861. The van der Waals surface area contributed by atoms with Gasteiger partial charge in [0, 0.05) is 32.9 Å². The Balaban J connectivity index is 1.59. The van der Waals surface area contributed by atoms with Crippen molar-refractivity contribution >= 4 is 23.3 Å². The zero-order chi connectivity index (χ0) is 19.4. The summed E-state index contributed by atoms with van der Waals surface area (Å²) in [6.07, 6.45) is -0.320. The average molecular weight is 392 g/mol. The first-order valence-corrected chi connectivity index (χ1v) is 9.17. The van der Waals surface area contributed by atoms with Crippen molar-refractivity contribution in [2.24, 2.45) is 0 Å². The van der Waals surface area contributed by atoms with Crippen LogP contribution in [-0.2, 0) is 11.3 Å². The molecule has 0 unspecified atom stereocenters. The summed E-state index contributed by atoms with van der Waals surface area (Å²) in [4.78, 5) is 16.3. The Kier molecular flexibility index (Phi) is 6.19. The van der Waals surface area contributed by atoms with Crippen molar-refractivity contribution in [3.63, 3.8) is 0 Å². The second-order valence-electron chi connectivity index (χ2n) is 6.70. The molecule has 0 bridgehead atoms. The lowest BCUT2D eigenvalue weighted by Gasteiger charge is -2.33. The summed E-state index contributed by atoms with van der Waals surface area (Å²) in [7, 11) is 3.96. The SMILES string of the molecule is CN(C)c1cccc(CNC(=O)N2CCO[C@H](c3ccc(F)c(Cl)c3)C2)c1. The number of halogens is 2. The summed E-state index contributed by atoms with van der Waals surface area (Å²) in [6.45, 7) is 1.77. The molecule has 1 N–H and O–H groups in total. The topological polar surface area (TPSA) is 44.8 Å². The van der Waals surface area contributed by atoms with E-state index < -0.39 is 5.82 Å². The summed E-state index contributed by atoms with van der Waals surface area (Å²) in [5, 5.41) is 3.01. The highest BCUT2D eigenvalue weighted by Gasteiger charge is 2.25. The van der Waals surface area contributed by atoms with Gasteiger partial charge in [-0.3, -0.25) is 0 Å². The van der Waals surface area contributed by atoms with Gasteiger partial charge < -0.3 is 19.9 Å². The van der Waals surface area contributed by atoms with E-state index in [0.29, 0.717) is 26.2 Å². The van der Waals surface area contributed by atoms with Crippen molar-refractivity contribution in [2.75, 3.05) is 38.7 Å². The number of hydrogen-bond acceptors (Lipinski definition) is 3. The Hall–Kier alpha value is -2.31. The average Bonchev–Trinajstić information content (AvgIpc) is 2.68. The molecule has 1 heterocycles. The number of carbonyl (C=O) groups is 1. The largest absolute Gasteiger partial charge is 0.378 e. The molecule has 0 aliphatic carbocycles. The van der Waals surface area contributed by atoms with E-state index in [1.807, 2.05) is 43.3 Å². The maximum absolute atomic E-state index is 13.4. The molecule has 1 aliphatic rings. The Morgan fingerprint density at radius 3 is 2.89 bits per heavy atom. The zero-order valence-electron chi connectivity index (χ0n) is 15.4. The van der Waals surface area contributed by atoms with Crippen LogP contribution in [0.3, 0.4) is 0 Å². The fraction of sp³-hybridized carbons (Fsp3) is 0.350. The highest BCUT2D eigenvalue weighted by molar-refractivity contribution is 6.30. The minimum absolute atomic E-state index is 0.0541. The van der Waals surface area contributed by atoms with Crippen molar-refractivity contribution < 1.29 is 13.9 Å². The summed E-state index contributed by atoms with van der Waals surface area (Å²) in [5.74, 6) is -0.467. The van der Waals surface area contributed by atoms with E-state index >= 15 is 0 Å². The molecule has 0 saturated carbocycles. The van der Waals surface area contributed by atoms with E-state index in [1.54, 1.807) is 17.0 Å². The molecule has 0 spiro atoms. The fourth-order valence-corrected chi connectivity index (χ4v) is 3.17. The van der Waals surface area contributed by atoms with Crippen molar-refractivity contribution in [3.8, 4) is 0 Å². The third-order valence-electron chi connectivity index (χ3n) is 4.54. The number of ether oxygens (including phenoxy) is 1. The van der Waals surface area contributed by atoms with Gasteiger partial charge in [0.15, 0.2) is 0 Å². The molecule has 7 heteroatoms. The third kappa shape index (κ3) is 4.90. The predicted octanol–water partition coefficient (Wildman–Crippen LogP) is 3.83. The molecule has 1 aliphatic heterocycles. The van der Waals surface area contributed by atoms with Crippen molar-refractivity contribution in [1.29, 1.82) is 0 Å². The monoisotopic (exact) mass is 391 g/mol. The van der Waals surface area contributed by atoms with Crippen LogP contribution in [0.25, 0.3) is 0 Å². The Morgan fingerprint density at radius 1 is 1.33 bits per heavy atom. The van der Waals surface area contributed by atoms with Crippen molar-refractivity contribution in [2.45, 2.75) is 12.6 Å². The molecule has 2 aromatic rings. The highest BCUT2D eigenvalue weighted by atomic mass is 35.5. The number of amides is 2. The number of carbonyl (C=O) groups excluding carboxylic acids is 1. The standard InChI is InChI=1S/C20H23ClFN3O2/c1-24(2)16-5-3-4-14(10-16)12-23-20(26)25-8-9-27-19(13-25)15-6-7-18(22)17(21)11-15/h3-7,10-11,19H,8-9,12-13H2,1-2H3,(H,23,26)/t19-/m0/s1. The zero-order valence-corrected chi connectivity index (χ0v) is 16.2. The molecular weight excluding hydrogens is 369 g/mol. The van der Waals surface area contributed by atoms with Crippen LogP contribution in [0.15, 0.2) is 42.5 Å². The lowest BCUT2D eigenvalue weighted by atomic mass is 10.1. The van der Waals surface area contributed by atoms with Crippen molar-refractivity contribution in [3.05, 3.63) is 64.4 Å². The number of anilines is 1. The van der Waals surface area contributed by atoms with Crippen LogP contribution in [-0.4, -0.2) is 44.7 Å². The minimum atomic E-state index is -0.467. The number of hydrogen-bond donors (Lipinski definition) is 1. The van der Waals surface area contributed by atoms with Gasteiger partial charge in [-0.1, -0.05) is 29.8 Å². The molecule has 0 radical (unpaired) electrons. The van der Waals surface area contributed by atoms with Crippen molar-refractivity contribution in [1.82, 2.24) is 10.2 Å². The predicted molar refractivity (Wildman–Crippen MR) is 105 cm³/mol. The molecule has 1 fully saturated rings. The third-order valence-corrected chi connectivity index (χ3v) is 4.83. The number of benzene rings is 2. The van der Waals surface area contributed by atoms with Crippen LogP contribution in [0.2, 0.25) is 5.02 Å². The number of nitrogens with one attached hydrogen (secondary N) is 1. The summed E-state index contributed by atoms with van der Waals surface area (Å²) < 4.78 is 19.1. The van der Waals surface area contributed by atoms with Crippen LogP contribution in [0.4, 0.5) is 14.9 Å². The van der Waals surface area contributed by atoms with E-state index in [-0.39, 0.29) is 17.2 Å². The first-order chi connectivity index (χ1) is 12.9. The van der Waals surface area contributed by atoms with Crippen LogP contribution in [0.1, 0.15) is 17.2 Å². The fourth-order valence-electron chi connectivity index (χ4n) is 2.98. The maximum Gasteiger partial charge on any atom is 0.317 e. The van der Waals surface area contributed by atoms with Gasteiger partial charge in [0.25, 0.3) is 0 Å². The minimum Gasteiger partial charge on any atom is -0.378 e. The Morgan fingerprint density at radius 2 is 2.15 bits per heavy atom. The molecule has 1 atom stereocenters. The smallest absolute Gasteiger partial charge is 0.317 e. The number of morpholine rings is 1. The summed E-state index contributed by atoms with van der Waals surface area (Å²) >= 11 is 5.86. The van der Waals surface area contributed by atoms with Gasteiger partial charge in [0.05, 0.1) is 18.2 Å². The van der Waals surface area contributed by atoms with E-state index in [9.17, 15) is 9.18 Å². The number of urea groups is 1. The number of nitrogens with zero attached hydrogens (tertiary/aromatic N) is 2. The lowest BCUT2D eigenvalue weighted by Crippen LogP contribution is -2.46. The molecule has 1 saturated heterocycles. The first kappa shape index (κ1) is 19.5. The maximum atomic E-state index is 13.4. The van der Waals surface area contributed by atoms with Crippen LogP contribution >= 0.6 is 11.6 Å². The normalized spacial score (nSPS) is 16.9. The van der Waals surface area contributed by atoms with E-state index in [0.717, 1.165) is 16.8 Å². The second kappa shape index (κ2) is 8.59. The van der Waals surface area contributed by atoms with Gasteiger partial charge >= 0.3 is 6.03 Å². The molecule has 0 aromatic heterocycles. The second-order valence-corrected chi connectivity index (χ2v) is 7.11. The molecular formula is C20H23ClFN3O2. The van der Waals surface area contributed by atoms with Gasteiger partial charge in [-0.25, -0.2) is 9.18 Å². The highest BCUT2D eigenvalue weighted by Crippen LogP contribution is 2.26. The summed E-state index contributed by atoms with van der Waals surface area (Å²) in [6, 6.07) is 12.4. The summed E-state index contributed by atoms with van der Waals surface area (Å²) in [5.41, 5.74) is 2.88. The van der Waals surface area contributed by atoms with E-state index in [1.165, 1.54) is 6.07 Å². The van der Waals surface area contributed by atoms with Crippen LogP contribution < -0.4 is 10.2 Å². The van der Waals surface area contributed by atoms with Gasteiger partial charge in [-0.2, -0.15) is 0 Å². The molecule has 27 heavy (non-hydrogen) atoms. The number of rotatable bonds is 4. The van der Waals surface area contributed by atoms with Crippen LogP contribution in [0, 0.1) is 5.82 Å². The lowest BCUT2D eigenvalue weighted by molar-refractivity contribution is -0.0155. The van der Waals surface area contributed by atoms with Gasteiger partial charge in [0.1, 0.15) is 11.9 Å². The Labute approximate surface area is 163 Å². The Bertz CT molecular complexity index is 816. The molecule has 5 nitrogen and oxygen atoms in total. The van der Waals surface area contributed by atoms with Gasteiger partial charge in [-0.15, -0.1) is 0 Å². The first-order valence-electron chi connectivity index (χ1n) is 8.79. The van der Waals surface area contributed by atoms with Crippen LogP contribution in [0.5, 0.6) is 0 Å². The molecule has 2 aromatic carbocycles. The van der Waals surface area contributed by atoms with E-state index in [4.69, 9.17) is 16.3 Å². The molecule has 2 amide bonds. The molecule has 144 valence electrons. The molecule has 3 rings (SSSR count). The van der Waals surface area contributed by atoms with E-state index in [2.05, 4.69) is 5.32 Å². The van der Waals surface area contributed by atoms with Gasteiger partial charge in [-0.05, 0) is 35.4 Å². The van der Waals surface area contributed by atoms with Gasteiger partial charge in [0.2, 0.25) is 0 Å².